The van der Waals surface area contributed by atoms with Crippen LogP contribution in [0.2, 0.25) is 0 Å². The quantitative estimate of drug-likeness (QED) is 0.333. The normalized spacial score (nSPS) is 12.5. The Labute approximate surface area is 88.0 Å². The smallest absolute Gasteiger partial charge is 0.151 e. The van der Waals surface area contributed by atoms with Gasteiger partial charge in [0.1, 0.15) is 19.5 Å². The number of hydrogen-bond donors (Lipinski definition) is 0. The van der Waals surface area contributed by atoms with E-state index in [2.05, 4.69) is 13.6 Å². The van der Waals surface area contributed by atoms with Gasteiger partial charge >= 0.3 is 0 Å². The van der Waals surface area contributed by atoms with Crippen molar-refractivity contribution in [3.8, 4) is 0 Å². The number of nitrogens with zero attached hydrogens (tertiary/aromatic N) is 1. The van der Waals surface area contributed by atoms with Gasteiger partial charge in [-0.05, 0) is 13.3 Å². The van der Waals surface area contributed by atoms with Crippen molar-refractivity contribution < 1.29 is 9.37 Å². The van der Waals surface area contributed by atoms with Crippen LogP contribution in [0, 0.1) is 5.92 Å². The van der Waals surface area contributed by atoms with Gasteiger partial charge in [0.25, 0.3) is 0 Å². The lowest BCUT2D eigenvalue weighted by Gasteiger charge is -2.09. The molecule has 2 heteroatoms. The first-order valence-corrected chi connectivity index (χ1v) is 5.60. The molecule has 0 aliphatic carbocycles. The Hall–Kier alpha value is -0.660. The summed E-state index contributed by atoms with van der Waals surface area (Å²) in [6.45, 7) is 8.47. The Morgan fingerprint density at radius 1 is 1.36 bits per heavy atom. The van der Waals surface area contributed by atoms with Crippen LogP contribution in [0.25, 0.3) is 0 Å². The minimum Gasteiger partial charge on any atom is -0.299 e. The number of carbonyl (C=O) groups excluding carboxylic acids is 1. The minimum atomic E-state index is 0.189. The predicted octanol–water partition coefficient (Wildman–Crippen LogP) is 2.50. The number of unbranched alkanes of at least 4 members (excludes halogenated alkanes) is 3. The van der Waals surface area contributed by atoms with E-state index < -0.39 is 0 Å². The molecule has 0 aromatic heterocycles. The van der Waals surface area contributed by atoms with E-state index in [9.17, 15) is 4.79 Å². The molecule has 0 amide bonds. The van der Waals surface area contributed by atoms with E-state index in [0.717, 1.165) is 13.0 Å². The molecule has 0 aromatic carbocycles. The molecular weight excluding hydrogens is 174 g/mol. The Balaban J connectivity index is 3.74. The fourth-order valence-corrected chi connectivity index (χ4v) is 1.62. The molecular formula is C12H24NO+. The first-order chi connectivity index (χ1) is 6.57. The van der Waals surface area contributed by atoms with Crippen molar-refractivity contribution in [2.45, 2.75) is 46.0 Å². The molecule has 0 spiro atoms. The van der Waals surface area contributed by atoms with E-state index in [4.69, 9.17) is 0 Å². The number of rotatable bonds is 8. The van der Waals surface area contributed by atoms with Crippen LogP contribution < -0.4 is 0 Å². The average Bonchev–Trinajstić information content (AvgIpc) is 2.09. The highest BCUT2D eigenvalue weighted by Crippen LogP contribution is 2.12. The van der Waals surface area contributed by atoms with Crippen molar-refractivity contribution >= 4 is 12.5 Å². The van der Waals surface area contributed by atoms with Gasteiger partial charge in [-0.1, -0.05) is 32.6 Å². The fraction of sp³-hybridized carbons (Fsp3) is 0.833. The first-order valence-electron chi connectivity index (χ1n) is 5.60. The SMILES string of the molecule is C=[N+](C)CC(CCCCCC)C(C)=O. The van der Waals surface area contributed by atoms with Gasteiger partial charge in [0.15, 0.2) is 6.54 Å². The molecule has 14 heavy (non-hydrogen) atoms. The van der Waals surface area contributed by atoms with Crippen LogP contribution in [0.3, 0.4) is 0 Å². The van der Waals surface area contributed by atoms with Crippen LogP contribution in [-0.2, 0) is 4.79 Å². The molecule has 0 heterocycles. The average molecular weight is 198 g/mol. The van der Waals surface area contributed by atoms with Crippen LogP contribution in [-0.4, -0.2) is 30.7 Å². The van der Waals surface area contributed by atoms with E-state index in [0.29, 0.717) is 5.78 Å². The van der Waals surface area contributed by atoms with E-state index in [1.807, 2.05) is 11.6 Å². The molecule has 1 atom stereocenters. The predicted molar refractivity (Wildman–Crippen MR) is 61.1 cm³/mol. The summed E-state index contributed by atoms with van der Waals surface area (Å²) in [5, 5.41) is 0. The van der Waals surface area contributed by atoms with Crippen molar-refractivity contribution in [3.05, 3.63) is 0 Å². The lowest BCUT2D eigenvalue weighted by molar-refractivity contribution is -0.494. The van der Waals surface area contributed by atoms with E-state index in [-0.39, 0.29) is 5.92 Å². The zero-order chi connectivity index (χ0) is 11.0. The summed E-state index contributed by atoms with van der Waals surface area (Å²) in [7, 11) is 1.92. The van der Waals surface area contributed by atoms with Crippen LogP contribution >= 0.6 is 0 Å². The second-order valence-corrected chi connectivity index (χ2v) is 4.20. The minimum absolute atomic E-state index is 0.189. The van der Waals surface area contributed by atoms with E-state index >= 15 is 0 Å². The standard InChI is InChI=1S/C12H24NO/c1-5-6-7-8-9-12(11(2)14)10-13(3)4/h12H,3,5-10H2,1-2,4H3/q+1. The number of Topliss-reactive ketones (excluding diaryl/α,β-unsaturated/α-hetero) is 1. The Kier molecular flexibility index (Phi) is 7.35. The topological polar surface area (TPSA) is 20.1 Å². The van der Waals surface area contributed by atoms with Gasteiger partial charge in [-0.15, -0.1) is 0 Å². The lowest BCUT2D eigenvalue weighted by Crippen LogP contribution is -2.22. The number of hydrogen-bond acceptors (Lipinski definition) is 1. The van der Waals surface area contributed by atoms with Crippen molar-refractivity contribution in [3.63, 3.8) is 0 Å². The van der Waals surface area contributed by atoms with Gasteiger partial charge in [-0.3, -0.25) is 4.79 Å². The maximum atomic E-state index is 11.3. The molecule has 0 rings (SSSR count). The molecule has 0 radical (unpaired) electrons. The van der Waals surface area contributed by atoms with Gasteiger partial charge in [0.05, 0.1) is 5.92 Å². The zero-order valence-corrected chi connectivity index (χ0v) is 9.88. The first kappa shape index (κ1) is 13.3. The van der Waals surface area contributed by atoms with E-state index in [1.165, 1.54) is 25.7 Å². The molecule has 0 saturated carbocycles. The highest BCUT2D eigenvalue weighted by atomic mass is 16.1. The summed E-state index contributed by atoms with van der Waals surface area (Å²) in [5.41, 5.74) is 0. The molecule has 0 saturated heterocycles. The van der Waals surface area contributed by atoms with Gasteiger partial charge < -0.3 is 0 Å². The molecule has 0 aromatic rings. The zero-order valence-electron chi connectivity index (χ0n) is 9.88. The Morgan fingerprint density at radius 3 is 2.43 bits per heavy atom. The van der Waals surface area contributed by atoms with Gasteiger partial charge in [-0.2, -0.15) is 0 Å². The molecule has 2 nitrogen and oxygen atoms in total. The summed E-state index contributed by atoms with van der Waals surface area (Å²) < 4.78 is 1.85. The van der Waals surface area contributed by atoms with Crippen molar-refractivity contribution in [1.29, 1.82) is 0 Å². The third-order valence-electron chi connectivity index (χ3n) is 2.51. The third-order valence-corrected chi connectivity index (χ3v) is 2.51. The van der Waals surface area contributed by atoms with Crippen molar-refractivity contribution in [2.24, 2.45) is 5.92 Å². The lowest BCUT2D eigenvalue weighted by atomic mass is 9.97. The Morgan fingerprint density at radius 2 is 2.00 bits per heavy atom. The molecule has 0 aliphatic rings. The van der Waals surface area contributed by atoms with Crippen LogP contribution in [0.15, 0.2) is 0 Å². The summed E-state index contributed by atoms with van der Waals surface area (Å²) in [5.74, 6) is 0.492. The molecule has 0 aliphatic heterocycles. The van der Waals surface area contributed by atoms with Crippen molar-refractivity contribution in [1.82, 2.24) is 0 Å². The second-order valence-electron chi connectivity index (χ2n) is 4.20. The molecule has 82 valence electrons. The second kappa shape index (κ2) is 7.72. The Bertz CT molecular complexity index is 187. The number of ketones is 1. The largest absolute Gasteiger partial charge is 0.299 e. The van der Waals surface area contributed by atoms with Crippen LogP contribution in [0.5, 0.6) is 0 Å². The summed E-state index contributed by atoms with van der Waals surface area (Å²) in [4.78, 5) is 11.3. The van der Waals surface area contributed by atoms with E-state index in [1.54, 1.807) is 6.92 Å². The fourth-order valence-electron chi connectivity index (χ4n) is 1.62. The molecule has 0 N–H and O–H groups in total. The van der Waals surface area contributed by atoms with Gasteiger partial charge in [0.2, 0.25) is 0 Å². The summed E-state index contributed by atoms with van der Waals surface area (Å²) in [6, 6.07) is 0. The summed E-state index contributed by atoms with van der Waals surface area (Å²) >= 11 is 0. The third kappa shape index (κ3) is 6.81. The number of carbonyl (C=O) groups is 1. The highest BCUT2D eigenvalue weighted by Gasteiger charge is 2.17. The highest BCUT2D eigenvalue weighted by molar-refractivity contribution is 5.78. The van der Waals surface area contributed by atoms with Gasteiger partial charge in [-0.25, -0.2) is 4.58 Å². The monoisotopic (exact) mass is 198 g/mol. The van der Waals surface area contributed by atoms with Crippen LogP contribution in [0.4, 0.5) is 0 Å². The van der Waals surface area contributed by atoms with Crippen molar-refractivity contribution in [2.75, 3.05) is 13.6 Å². The maximum absolute atomic E-state index is 11.3. The molecule has 0 bridgehead atoms. The maximum Gasteiger partial charge on any atom is 0.151 e. The van der Waals surface area contributed by atoms with Gasteiger partial charge in [0, 0.05) is 0 Å². The molecule has 1 unspecified atom stereocenters. The van der Waals surface area contributed by atoms with Crippen LogP contribution in [0.1, 0.15) is 46.0 Å². The molecule has 0 fully saturated rings. The summed E-state index contributed by atoms with van der Waals surface area (Å²) in [6.07, 6.45) is 5.98.